The lowest BCUT2D eigenvalue weighted by molar-refractivity contribution is -0.254. The zero-order valence-corrected chi connectivity index (χ0v) is 15.8. The number of carboxylic acids is 1. The maximum absolute atomic E-state index is 13.1. The number of benzene rings is 2. The van der Waals surface area contributed by atoms with Crippen molar-refractivity contribution in [2.24, 2.45) is 0 Å². The van der Waals surface area contributed by atoms with Gasteiger partial charge in [-0.25, -0.2) is 4.39 Å². The third-order valence-electron chi connectivity index (χ3n) is 4.02. The van der Waals surface area contributed by atoms with Gasteiger partial charge in [-0.15, -0.1) is 11.3 Å². The van der Waals surface area contributed by atoms with E-state index in [4.69, 9.17) is 9.47 Å². The summed E-state index contributed by atoms with van der Waals surface area (Å²) in [6.45, 7) is 0. The van der Waals surface area contributed by atoms with Crippen molar-refractivity contribution < 1.29 is 28.6 Å². The first-order valence-electron chi connectivity index (χ1n) is 8.06. The molecule has 28 heavy (non-hydrogen) atoms. The summed E-state index contributed by atoms with van der Waals surface area (Å²) in [6, 6.07) is 9.98. The van der Waals surface area contributed by atoms with Gasteiger partial charge in [0.05, 0.1) is 20.2 Å². The zero-order chi connectivity index (χ0) is 20.3. The molecule has 144 valence electrons. The number of carbonyl (C=O) groups is 2. The molecule has 0 saturated carbocycles. The summed E-state index contributed by atoms with van der Waals surface area (Å²) in [5, 5.41) is 16.0. The third-order valence-corrected chi connectivity index (χ3v) is 4.92. The second-order valence-electron chi connectivity index (χ2n) is 5.67. The monoisotopic (exact) mass is 400 g/mol. The molecule has 1 aromatic heterocycles. The van der Waals surface area contributed by atoms with E-state index in [0.29, 0.717) is 22.6 Å². The molecular formula is C20H15FNO5S-. The van der Waals surface area contributed by atoms with Crippen LogP contribution < -0.4 is 19.9 Å². The van der Waals surface area contributed by atoms with Crippen LogP contribution in [-0.4, -0.2) is 26.1 Å². The number of carboxylic acid groups (broad SMARTS) is 1. The van der Waals surface area contributed by atoms with Gasteiger partial charge in [0.25, 0.3) is 5.91 Å². The first-order valence-corrected chi connectivity index (χ1v) is 8.94. The van der Waals surface area contributed by atoms with Crippen molar-refractivity contribution in [2.75, 3.05) is 19.5 Å². The Morgan fingerprint density at radius 3 is 2.32 bits per heavy atom. The van der Waals surface area contributed by atoms with Gasteiger partial charge in [-0.05, 0) is 35.9 Å². The molecule has 0 saturated heterocycles. The highest BCUT2D eigenvalue weighted by molar-refractivity contribution is 7.15. The SMILES string of the molecule is COc1ccc(C(=O)Nc2scc(-c3ccc(F)cc3)c2C(=O)[O-])cc1OC. The fraction of sp³-hybridized carbons (Fsp3) is 0.100. The number of hydrogen-bond acceptors (Lipinski definition) is 6. The maximum Gasteiger partial charge on any atom is 0.256 e. The molecule has 0 fully saturated rings. The first-order chi connectivity index (χ1) is 13.4. The summed E-state index contributed by atoms with van der Waals surface area (Å²) >= 11 is 1.04. The Morgan fingerprint density at radius 1 is 1.04 bits per heavy atom. The second kappa shape index (κ2) is 8.10. The molecule has 0 atom stereocenters. The van der Waals surface area contributed by atoms with Crippen LogP contribution >= 0.6 is 11.3 Å². The van der Waals surface area contributed by atoms with E-state index < -0.39 is 17.7 Å². The van der Waals surface area contributed by atoms with E-state index >= 15 is 0 Å². The quantitative estimate of drug-likeness (QED) is 0.687. The smallest absolute Gasteiger partial charge is 0.256 e. The predicted octanol–water partition coefficient (Wildman–Crippen LogP) is 3.19. The van der Waals surface area contributed by atoms with Gasteiger partial charge in [0.15, 0.2) is 11.5 Å². The van der Waals surface area contributed by atoms with Crippen LogP contribution in [0.2, 0.25) is 0 Å². The van der Waals surface area contributed by atoms with Gasteiger partial charge in [-0.2, -0.15) is 0 Å². The molecule has 1 heterocycles. The molecule has 0 aliphatic rings. The highest BCUT2D eigenvalue weighted by atomic mass is 32.1. The van der Waals surface area contributed by atoms with Crippen molar-refractivity contribution in [3.05, 3.63) is 64.8 Å². The molecule has 0 aliphatic carbocycles. The molecule has 3 rings (SSSR count). The minimum absolute atomic E-state index is 0.124. The number of rotatable bonds is 6. The van der Waals surface area contributed by atoms with Crippen LogP contribution in [0.15, 0.2) is 47.8 Å². The molecule has 0 aliphatic heterocycles. The van der Waals surface area contributed by atoms with Crippen molar-refractivity contribution in [1.82, 2.24) is 0 Å². The van der Waals surface area contributed by atoms with E-state index in [-0.39, 0.29) is 16.1 Å². The van der Waals surface area contributed by atoms with Crippen LogP contribution in [0.25, 0.3) is 11.1 Å². The summed E-state index contributed by atoms with van der Waals surface area (Å²) in [6.07, 6.45) is 0. The molecule has 0 spiro atoms. The third kappa shape index (κ3) is 3.81. The lowest BCUT2D eigenvalue weighted by Gasteiger charge is -2.12. The van der Waals surface area contributed by atoms with E-state index in [9.17, 15) is 19.1 Å². The summed E-state index contributed by atoms with van der Waals surface area (Å²) in [7, 11) is 2.92. The van der Waals surface area contributed by atoms with E-state index in [0.717, 1.165) is 11.3 Å². The van der Waals surface area contributed by atoms with Crippen LogP contribution in [0.5, 0.6) is 11.5 Å². The fourth-order valence-corrected chi connectivity index (χ4v) is 3.60. The number of halogens is 1. The Balaban J connectivity index is 1.93. The molecule has 1 N–H and O–H groups in total. The van der Waals surface area contributed by atoms with Crippen molar-refractivity contribution in [2.45, 2.75) is 0 Å². The first kappa shape index (κ1) is 19.4. The number of aromatic carboxylic acids is 1. The van der Waals surface area contributed by atoms with Gasteiger partial charge in [-0.1, -0.05) is 12.1 Å². The van der Waals surface area contributed by atoms with E-state index in [1.807, 2.05) is 0 Å². The van der Waals surface area contributed by atoms with Crippen LogP contribution in [0.3, 0.4) is 0 Å². The summed E-state index contributed by atoms with van der Waals surface area (Å²) in [5.41, 5.74) is 0.945. The molecule has 0 unspecified atom stereocenters. The fourth-order valence-electron chi connectivity index (χ4n) is 2.65. The standard InChI is InChI=1S/C20H16FNO5S/c1-26-15-8-5-12(9-16(15)27-2)18(23)22-19-17(20(24)25)14(10-28-19)11-3-6-13(21)7-4-11/h3-10H,1-2H3,(H,22,23)(H,24,25)/p-1. The number of ether oxygens (including phenoxy) is 2. The number of nitrogens with one attached hydrogen (secondary N) is 1. The molecule has 2 aromatic carbocycles. The topological polar surface area (TPSA) is 87.7 Å². The van der Waals surface area contributed by atoms with Crippen molar-refractivity contribution in [3.8, 4) is 22.6 Å². The average Bonchev–Trinajstić information content (AvgIpc) is 3.11. The number of anilines is 1. The lowest BCUT2D eigenvalue weighted by atomic mass is 10.0. The largest absolute Gasteiger partial charge is 0.545 e. The van der Waals surface area contributed by atoms with Crippen molar-refractivity contribution in [1.29, 1.82) is 0 Å². The summed E-state index contributed by atoms with van der Waals surface area (Å²) < 4.78 is 23.4. The van der Waals surface area contributed by atoms with Crippen LogP contribution in [0.1, 0.15) is 20.7 Å². The van der Waals surface area contributed by atoms with Gasteiger partial charge >= 0.3 is 0 Å². The Morgan fingerprint density at radius 2 is 1.71 bits per heavy atom. The number of thiophene rings is 1. The van der Waals surface area contributed by atoms with E-state index in [1.165, 1.54) is 50.6 Å². The highest BCUT2D eigenvalue weighted by Gasteiger charge is 2.18. The minimum atomic E-state index is -1.44. The van der Waals surface area contributed by atoms with Gasteiger partial charge in [-0.3, -0.25) is 4.79 Å². The Hall–Kier alpha value is -3.39. The number of methoxy groups -OCH3 is 2. The second-order valence-corrected chi connectivity index (χ2v) is 6.55. The Bertz CT molecular complexity index is 1030. The number of carbonyl (C=O) groups excluding carboxylic acids is 2. The molecule has 6 nitrogen and oxygen atoms in total. The molecule has 8 heteroatoms. The van der Waals surface area contributed by atoms with Crippen LogP contribution in [-0.2, 0) is 0 Å². The molecule has 0 bridgehead atoms. The number of amides is 1. The van der Waals surface area contributed by atoms with Gasteiger partial charge < -0.3 is 24.7 Å². The molecule has 3 aromatic rings. The zero-order valence-electron chi connectivity index (χ0n) is 14.9. The van der Waals surface area contributed by atoms with Crippen LogP contribution in [0, 0.1) is 5.82 Å². The van der Waals surface area contributed by atoms with Crippen LogP contribution in [0.4, 0.5) is 9.39 Å². The normalized spacial score (nSPS) is 10.4. The summed E-state index contributed by atoms with van der Waals surface area (Å²) in [4.78, 5) is 24.3. The Kier molecular flexibility index (Phi) is 5.60. The molecule has 0 radical (unpaired) electrons. The minimum Gasteiger partial charge on any atom is -0.545 e. The van der Waals surface area contributed by atoms with Gasteiger partial charge in [0.1, 0.15) is 10.8 Å². The lowest BCUT2D eigenvalue weighted by Crippen LogP contribution is -2.24. The highest BCUT2D eigenvalue weighted by Crippen LogP contribution is 2.36. The van der Waals surface area contributed by atoms with Gasteiger partial charge in [0.2, 0.25) is 0 Å². The van der Waals surface area contributed by atoms with E-state index in [2.05, 4.69) is 5.32 Å². The van der Waals surface area contributed by atoms with Gasteiger partial charge in [0, 0.05) is 22.1 Å². The summed E-state index contributed by atoms with van der Waals surface area (Å²) in [5.74, 6) is -1.56. The molecule has 1 amide bonds. The van der Waals surface area contributed by atoms with Crippen molar-refractivity contribution >= 4 is 28.2 Å². The maximum atomic E-state index is 13.1. The van der Waals surface area contributed by atoms with Crippen molar-refractivity contribution in [3.63, 3.8) is 0 Å². The number of hydrogen-bond donors (Lipinski definition) is 1. The Labute approximate surface area is 164 Å². The predicted molar refractivity (Wildman–Crippen MR) is 102 cm³/mol. The molecular weight excluding hydrogens is 385 g/mol. The average molecular weight is 400 g/mol. The van der Waals surface area contributed by atoms with E-state index in [1.54, 1.807) is 11.4 Å².